The highest BCUT2D eigenvalue weighted by molar-refractivity contribution is 7.54. The molecule has 1 saturated heterocycles. The Hall–Kier alpha value is -3.75. The second-order valence-electron chi connectivity index (χ2n) is 14.3. The highest BCUT2D eigenvalue weighted by Gasteiger charge is 2.55. The summed E-state index contributed by atoms with van der Waals surface area (Å²) in [5.41, 5.74) is -4.70. The molecule has 3 atom stereocenters. The molecule has 0 radical (unpaired) electrons. The van der Waals surface area contributed by atoms with E-state index in [0.717, 1.165) is 29.0 Å². The first-order valence-corrected chi connectivity index (χ1v) is 20.2. The van der Waals surface area contributed by atoms with E-state index in [9.17, 15) is 23.7 Å². The lowest BCUT2D eigenvalue weighted by Crippen LogP contribution is -2.58. The van der Waals surface area contributed by atoms with Crippen LogP contribution in [-0.4, -0.2) is 79.8 Å². The number of carbonyl (C=O) groups is 4. The minimum atomic E-state index is -4.86. The molecule has 296 valence electrons. The summed E-state index contributed by atoms with van der Waals surface area (Å²) in [5.74, 6) is -2.45. The van der Waals surface area contributed by atoms with Gasteiger partial charge in [0.2, 0.25) is 5.91 Å². The first kappa shape index (κ1) is 43.0. The van der Waals surface area contributed by atoms with Gasteiger partial charge in [0.05, 0.1) is 30.8 Å². The number of hydrogen-bond donors (Lipinski definition) is 1. The number of benzene rings is 2. The number of likely N-dealkylation sites (tertiary alicyclic amines) is 1. The average Bonchev–Trinajstić information content (AvgIpc) is 3.75. The number of hydrogen-bond acceptors (Lipinski definition) is 11. The highest BCUT2D eigenvalue weighted by Crippen LogP contribution is 2.67. The number of carbonyl (C=O) groups excluding carboxylic acids is 4. The van der Waals surface area contributed by atoms with Crippen LogP contribution in [0.25, 0.3) is 10.1 Å². The van der Waals surface area contributed by atoms with Crippen molar-refractivity contribution in [3.8, 4) is 0 Å². The number of rotatable bonds is 17. The van der Waals surface area contributed by atoms with Gasteiger partial charge in [0.1, 0.15) is 19.3 Å². The predicted molar refractivity (Wildman–Crippen MR) is 199 cm³/mol. The Labute approximate surface area is 318 Å². The standard InChI is InChI=1S/C38H49F2N2O10PS/c1-8-51-53(47,52-9-2)38(39,40)27-15-16-29-26(19-27)20-30(54-29)34(44)41-33(37(5,6)7)35(45)42-18-17-28(48-23-31(43)49-21-24(3)4)32(42)36(46)50-22-25-13-11-10-12-14-25/h10-16,19-20,24,28,32-33H,8-9,17-18,21-23H2,1-7H3,(H,41,44)/t28-,32+,33-/m1/s1. The maximum atomic E-state index is 15.5. The number of fused-ring (bicyclic) bond motifs is 1. The van der Waals surface area contributed by atoms with Crippen molar-refractivity contribution in [2.75, 3.05) is 33.0 Å². The molecule has 4 rings (SSSR count). The third kappa shape index (κ3) is 10.3. The largest absolute Gasteiger partial charge is 0.464 e. The molecular formula is C38H49F2N2O10PS. The van der Waals surface area contributed by atoms with E-state index in [1.807, 2.05) is 19.9 Å². The van der Waals surface area contributed by atoms with Gasteiger partial charge in [0.15, 0.2) is 6.04 Å². The molecule has 12 nitrogen and oxygen atoms in total. The van der Waals surface area contributed by atoms with Crippen LogP contribution in [0.15, 0.2) is 54.6 Å². The molecule has 1 aliphatic heterocycles. The maximum Gasteiger partial charge on any atom is 0.404 e. The van der Waals surface area contributed by atoms with Crippen molar-refractivity contribution in [3.63, 3.8) is 0 Å². The summed E-state index contributed by atoms with van der Waals surface area (Å²) in [6.45, 7) is 11.2. The summed E-state index contributed by atoms with van der Waals surface area (Å²) in [6.07, 6.45) is -0.683. The van der Waals surface area contributed by atoms with Crippen LogP contribution in [0.5, 0.6) is 0 Å². The summed E-state index contributed by atoms with van der Waals surface area (Å²) in [6, 6.07) is 11.7. The normalized spacial score (nSPS) is 17.1. The van der Waals surface area contributed by atoms with Crippen LogP contribution in [-0.2, 0) is 54.5 Å². The fourth-order valence-electron chi connectivity index (χ4n) is 5.81. The summed E-state index contributed by atoms with van der Waals surface area (Å²) in [7, 11) is -4.86. The van der Waals surface area contributed by atoms with Crippen molar-refractivity contribution >= 4 is 52.8 Å². The van der Waals surface area contributed by atoms with Gasteiger partial charge in [-0.1, -0.05) is 71.0 Å². The van der Waals surface area contributed by atoms with Gasteiger partial charge in [-0.3, -0.25) is 14.2 Å². The van der Waals surface area contributed by atoms with E-state index in [1.54, 1.807) is 45.0 Å². The number of ether oxygens (including phenoxy) is 3. The van der Waals surface area contributed by atoms with Crippen LogP contribution in [0.4, 0.5) is 8.78 Å². The second-order valence-corrected chi connectivity index (χ2v) is 17.5. The summed E-state index contributed by atoms with van der Waals surface area (Å²) < 4.78 is 71.1. The molecule has 16 heteroatoms. The number of nitrogens with zero attached hydrogens (tertiary/aromatic N) is 1. The van der Waals surface area contributed by atoms with Gasteiger partial charge < -0.3 is 33.5 Å². The lowest BCUT2D eigenvalue weighted by molar-refractivity contribution is -0.163. The lowest BCUT2D eigenvalue weighted by atomic mass is 9.85. The van der Waals surface area contributed by atoms with E-state index in [0.29, 0.717) is 4.70 Å². The summed E-state index contributed by atoms with van der Waals surface area (Å²) in [5, 5.41) is 3.09. The van der Waals surface area contributed by atoms with Crippen molar-refractivity contribution in [1.82, 2.24) is 10.2 Å². The number of amides is 2. The maximum absolute atomic E-state index is 15.5. The van der Waals surface area contributed by atoms with E-state index >= 15 is 8.78 Å². The molecule has 1 N–H and O–H groups in total. The Kier molecular flexibility index (Phi) is 14.5. The SMILES string of the molecule is CCOP(=O)(OCC)C(F)(F)c1ccc2sc(C(=O)N[C@H](C(=O)N3CC[C@@H](OCC(=O)OCC(C)C)[C@H]3C(=O)OCc3ccccc3)C(C)(C)C)cc2c1. The average molecular weight is 795 g/mol. The van der Waals surface area contributed by atoms with Gasteiger partial charge in [0, 0.05) is 16.8 Å². The zero-order chi connectivity index (χ0) is 39.8. The smallest absolute Gasteiger partial charge is 0.404 e. The van der Waals surface area contributed by atoms with Gasteiger partial charge in [-0.15, -0.1) is 11.3 Å². The van der Waals surface area contributed by atoms with Crippen molar-refractivity contribution in [3.05, 3.63) is 70.6 Å². The van der Waals surface area contributed by atoms with E-state index in [4.69, 9.17) is 23.3 Å². The Balaban J connectivity index is 1.57. The van der Waals surface area contributed by atoms with Gasteiger partial charge in [-0.05, 0) is 60.7 Å². The quantitative estimate of drug-likeness (QED) is 0.109. The Morgan fingerprint density at radius 3 is 2.26 bits per heavy atom. The van der Waals surface area contributed by atoms with E-state index in [-0.39, 0.29) is 55.6 Å². The van der Waals surface area contributed by atoms with Crippen LogP contribution in [0.3, 0.4) is 0 Å². The third-order valence-electron chi connectivity index (χ3n) is 8.50. The molecule has 0 aliphatic carbocycles. The molecule has 0 unspecified atom stereocenters. The molecule has 1 fully saturated rings. The molecule has 54 heavy (non-hydrogen) atoms. The van der Waals surface area contributed by atoms with Crippen molar-refractivity contribution < 1.29 is 55.8 Å². The van der Waals surface area contributed by atoms with Crippen molar-refractivity contribution in [2.24, 2.45) is 11.3 Å². The number of alkyl halides is 2. The molecule has 1 aromatic heterocycles. The summed E-state index contributed by atoms with van der Waals surface area (Å²) in [4.78, 5) is 55.6. The van der Waals surface area contributed by atoms with Gasteiger partial charge in [-0.2, -0.15) is 8.78 Å². The first-order valence-electron chi connectivity index (χ1n) is 17.8. The van der Waals surface area contributed by atoms with E-state index in [1.165, 1.54) is 30.9 Å². The predicted octanol–water partition coefficient (Wildman–Crippen LogP) is 7.29. The number of thiophene rings is 1. The Morgan fingerprint density at radius 2 is 1.65 bits per heavy atom. The van der Waals surface area contributed by atoms with Crippen molar-refractivity contribution in [2.45, 2.75) is 85.3 Å². The zero-order valence-electron chi connectivity index (χ0n) is 31.6. The molecule has 1 aliphatic rings. The highest BCUT2D eigenvalue weighted by atomic mass is 32.1. The lowest BCUT2D eigenvalue weighted by Gasteiger charge is -2.35. The van der Waals surface area contributed by atoms with E-state index in [2.05, 4.69) is 5.32 Å². The molecule has 2 amide bonds. The topological polar surface area (TPSA) is 147 Å². The minimum Gasteiger partial charge on any atom is -0.464 e. The number of esters is 2. The van der Waals surface area contributed by atoms with Crippen LogP contribution in [0.1, 0.15) is 75.7 Å². The molecule has 3 aromatic rings. The third-order valence-corrected chi connectivity index (χ3v) is 11.8. The van der Waals surface area contributed by atoms with Gasteiger partial charge in [-0.25, -0.2) is 9.59 Å². The Morgan fingerprint density at radius 1 is 0.981 bits per heavy atom. The second kappa shape index (κ2) is 18.3. The molecular weight excluding hydrogens is 745 g/mol. The fourth-order valence-corrected chi connectivity index (χ4v) is 8.29. The molecule has 0 saturated carbocycles. The van der Waals surface area contributed by atoms with E-state index < -0.39 is 72.8 Å². The number of halogens is 2. The van der Waals surface area contributed by atoms with Crippen LogP contribution in [0, 0.1) is 11.3 Å². The van der Waals surface area contributed by atoms with Crippen LogP contribution in [0.2, 0.25) is 0 Å². The molecule has 2 heterocycles. The van der Waals surface area contributed by atoms with Crippen LogP contribution >= 0.6 is 18.9 Å². The Bertz CT molecular complexity index is 1820. The molecule has 0 spiro atoms. The fraction of sp³-hybridized carbons (Fsp3) is 0.526. The molecule has 2 aromatic carbocycles. The van der Waals surface area contributed by atoms with Gasteiger partial charge >= 0.3 is 25.2 Å². The van der Waals surface area contributed by atoms with Crippen LogP contribution < -0.4 is 5.32 Å². The van der Waals surface area contributed by atoms with Gasteiger partial charge in [0.25, 0.3) is 5.91 Å². The first-order chi connectivity index (χ1) is 25.4. The monoisotopic (exact) mass is 794 g/mol. The molecule has 0 bridgehead atoms. The minimum absolute atomic E-state index is 0.0603. The van der Waals surface area contributed by atoms with Crippen molar-refractivity contribution in [1.29, 1.82) is 0 Å². The number of nitrogens with one attached hydrogen (secondary N) is 1. The summed E-state index contributed by atoms with van der Waals surface area (Å²) >= 11 is 1.02. The zero-order valence-corrected chi connectivity index (χ0v) is 33.3.